The third-order valence-electron chi connectivity index (χ3n) is 2.24. The Hall–Kier alpha value is -1.83. The van der Waals surface area contributed by atoms with E-state index >= 15 is 0 Å². The topological polar surface area (TPSA) is 154 Å². The minimum atomic E-state index is -1.29. The predicted molar refractivity (Wildman–Crippen MR) is 53.7 cm³/mol. The Morgan fingerprint density at radius 3 is 2.24 bits per heavy atom. The summed E-state index contributed by atoms with van der Waals surface area (Å²) in [6, 6.07) is 0. The maximum absolute atomic E-state index is 10.4. The molecule has 2 unspecified atom stereocenters. The lowest BCUT2D eigenvalue weighted by molar-refractivity contribution is -0.302. The SMILES string of the molecule is CC(=O)[O-].N=C(N)C1CCN(C(=O)[O-])CC1O. The van der Waals surface area contributed by atoms with Gasteiger partial charge in [-0.25, -0.2) is 0 Å². The van der Waals surface area contributed by atoms with E-state index in [-0.39, 0.29) is 18.9 Å². The number of amidine groups is 1. The quantitative estimate of drug-likeness (QED) is 0.325. The number of hydrogen-bond donors (Lipinski definition) is 3. The summed E-state index contributed by atoms with van der Waals surface area (Å²) in [6.45, 7) is 1.22. The van der Waals surface area contributed by atoms with Crippen LogP contribution in [0.25, 0.3) is 0 Å². The van der Waals surface area contributed by atoms with Crippen molar-refractivity contribution in [3.05, 3.63) is 0 Å². The van der Waals surface area contributed by atoms with E-state index in [1.165, 1.54) is 0 Å². The normalized spacial score (nSPS) is 23.3. The number of carbonyl (C=O) groups excluding carboxylic acids is 2. The monoisotopic (exact) mass is 245 g/mol. The van der Waals surface area contributed by atoms with Crippen molar-refractivity contribution in [1.29, 1.82) is 5.41 Å². The number of aliphatic hydroxyl groups excluding tert-OH is 1. The molecule has 1 saturated heterocycles. The van der Waals surface area contributed by atoms with Crippen LogP contribution in [-0.4, -0.2) is 47.1 Å². The highest BCUT2D eigenvalue weighted by atomic mass is 16.4. The van der Waals surface area contributed by atoms with Gasteiger partial charge in [0, 0.05) is 25.0 Å². The van der Waals surface area contributed by atoms with Gasteiger partial charge in [0.05, 0.1) is 11.9 Å². The number of aliphatic hydroxyl groups is 1. The van der Waals surface area contributed by atoms with Crippen molar-refractivity contribution >= 4 is 17.9 Å². The second-order valence-electron chi connectivity index (χ2n) is 3.62. The van der Waals surface area contributed by atoms with Gasteiger partial charge in [0.2, 0.25) is 0 Å². The van der Waals surface area contributed by atoms with E-state index in [1.807, 2.05) is 0 Å². The summed E-state index contributed by atoms with van der Waals surface area (Å²) in [5.74, 6) is -1.60. The number of nitrogens with two attached hydrogens (primary N) is 1. The van der Waals surface area contributed by atoms with E-state index < -0.39 is 24.1 Å². The zero-order chi connectivity index (χ0) is 13.6. The largest absolute Gasteiger partial charge is 0.550 e. The van der Waals surface area contributed by atoms with E-state index in [0.717, 1.165) is 11.8 Å². The molecule has 1 aliphatic heterocycles. The van der Waals surface area contributed by atoms with Crippen molar-refractivity contribution in [2.75, 3.05) is 13.1 Å². The van der Waals surface area contributed by atoms with E-state index in [4.69, 9.17) is 21.0 Å². The van der Waals surface area contributed by atoms with Gasteiger partial charge in [0.1, 0.15) is 6.09 Å². The molecular weight excluding hydrogens is 230 g/mol. The summed E-state index contributed by atoms with van der Waals surface area (Å²) < 4.78 is 0. The number of amides is 1. The van der Waals surface area contributed by atoms with Gasteiger partial charge in [-0.15, -0.1) is 0 Å². The van der Waals surface area contributed by atoms with Gasteiger partial charge in [-0.1, -0.05) is 0 Å². The van der Waals surface area contributed by atoms with E-state index in [9.17, 15) is 15.0 Å². The molecule has 1 aliphatic rings. The highest BCUT2D eigenvalue weighted by Crippen LogP contribution is 2.16. The predicted octanol–water partition coefficient (Wildman–Crippen LogP) is -3.30. The Morgan fingerprint density at radius 1 is 1.47 bits per heavy atom. The number of β-amino-alcohol motifs (C(OH)–C–C–N with tert-alkyl or cyclic N) is 1. The van der Waals surface area contributed by atoms with Crippen LogP contribution in [0.15, 0.2) is 0 Å². The van der Waals surface area contributed by atoms with Gasteiger partial charge in [-0.2, -0.15) is 0 Å². The van der Waals surface area contributed by atoms with Crippen molar-refractivity contribution in [3.63, 3.8) is 0 Å². The van der Waals surface area contributed by atoms with Crippen molar-refractivity contribution in [1.82, 2.24) is 4.90 Å². The lowest BCUT2D eigenvalue weighted by Gasteiger charge is -2.36. The minimum Gasteiger partial charge on any atom is -0.550 e. The average molecular weight is 245 g/mol. The van der Waals surface area contributed by atoms with Crippen LogP contribution in [0, 0.1) is 11.3 Å². The summed E-state index contributed by atoms with van der Waals surface area (Å²) in [7, 11) is 0. The molecule has 4 N–H and O–H groups in total. The van der Waals surface area contributed by atoms with E-state index in [2.05, 4.69) is 0 Å². The van der Waals surface area contributed by atoms with Gasteiger partial charge < -0.3 is 35.5 Å². The molecule has 0 spiro atoms. The molecule has 1 heterocycles. The maximum atomic E-state index is 10.4. The molecule has 0 aromatic rings. The number of carbonyl (C=O) groups is 2. The lowest BCUT2D eigenvalue weighted by Crippen LogP contribution is -2.53. The average Bonchev–Trinajstić information content (AvgIpc) is 2.15. The van der Waals surface area contributed by atoms with Crippen molar-refractivity contribution in [3.8, 4) is 0 Å². The highest BCUT2D eigenvalue weighted by Gasteiger charge is 2.29. The van der Waals surface area contributed by atoms with Crippen LogP contribution < -0.4 is 15.9 Å². The van der Waals surface area contributed by atoms with Gasteiger partial charge in [0.15, 0.2) is 0 Å². The molecule has 0 aromatic heterocycles. The first-order valence-electron chi connectivity index (χ1n) is 4.91. The Labute approximate surface area is 98.1 Å². The molecule has 2 atom stereocenters. The van der Waals surface area contributed by atoms with Crippen LogP contribution in [-0.2, 0) is 4.79 Å². The molecule has 0 radical (unpaired) electrons. The Bertz CT molecular complexity index is 303. The molecule has 0 aromatic carbocycles. The fourth-order valence-corrected chi connectivity index (χ4v) is 1.46. The molecule has 98 valence electrons. The number of carboxylic acids is 1. The molecule has 0 aliphatic carbocycles. The van der Waals surface area contributed by atoms with Gasteiger partial charge in [-0.3, -0.25) is 5.41 Å². The van der Waals surface area contributed by atoms with Crippen LogP contribution in [0.1, 0.15) is 13.3 Å². The fraction of sp³-hybridized carbons (Fsp3) is 0.667. The summed E-state index contributed by atoms with van der Waals surface area (Å²) in [4.78, 5) is 20.3. The highest BCUT2D eigenvalue weighted by molar-refractivity contribution is 5.80. The van der Waals surface area contributed by atoms with Crippen molar-refractivity contribution < 1.29 is 24.9 Å². The molecule has 1 rings (SSSR count). The standard InChI is InChI=1S/C7H13N3O3.C2H4O2/c8-6(9)4-1-2-10(7(12)13)3-5(4)11;1-2(3)4/h4-5,11H,1-3H2,(H3,8,9)(H,12,13);1H3,(H,3,4)/p-2. The number of hydrogen-bond acceptors (Lipinski definition) is 6. The fourth-order valence-electron chi connectivity index (χ4n) is 1.46. The number of rotatable bonds is 1. The molecule has 17 heavy (non-hydrogen) atoms. The molecule has 8 nitrogen and oxygen atoms in total. The van der Waals surface area contributed by atoms with Crippen molar-refractivity contribution in [2.24, 2.45) is 11.7 Å². The second kappa shape index (κ2) is 6.69. The maximum Gasteiger partial charge on any atom is 0.137 e. The van der Waals surface area contributed by atoms with Crippen LogP contribution >= 0.6 is 0 Å². The van der Waals surface area contributed by atoms with Gasteiger partial charge >= 0.3 is 0 Å². The summed E-state index contributed by atoms with van der Waals surface area (Å²) in [6.07, 6.45) is -1.80. The molecule has 0 saturated carbocycles. The molecular formula is C9H15N3O5-2. The Balaban J connectivity index is 0.000000557. The zero-order valence-electron chi connectivity index (χ0n) is 9.38. The number of carboxylic acid groups (broad SMARTS) is 2. The number of likely N-dealkylation sites (tertiary alicyclic amines) is 1. The smallest absolute Gasteiger partial charge is 0.137 e. The van der Waals surface area contributed by atoms with E-state index in [0.29, 0.717) is 6.42 Å². The molecule has 0 bridgehead atoms. The first-order chi connectivity index (χ1) is 7.75. The molecule has 1 amide bonds. The summed E-state index contributed by atoms with van der Waals surface area (Å²) in [5.41, 5.74) is 5.22. The second-order valence-corrected chi connectivity index (χ2v) is 3.62. The first kappa shape index (κ1) is 15.2. The van der Waals surface area contributed by atoms with Gasteiger partial charge in [0.25, 0.3) is 0 Å². The molecule has 8 heteroatoms. The van der Waals surface area contributed by atoms with Crippen molar-refractivity contribution in [2.45, 2.75) is 19.4 Å². The lowest BCUT2D eigenvalue weighted by atomic mass is 9.93. The minimum absolute atomic E-state index is 0.0212. The number of nitrogens with zero attached hydrogens (tertiary/aromatic N) is 1. The number of nitrogens with one attached hydrogen (secondary N) is 1. The van der Waals surface area contributed by atoms with E-state index in [1.54, 1.807) is 0 Å². The van der Waals surface area contributed by atoms with Crippen LogP contribution in [0.4, 0.5) is 4.79 Å². The summed E-state index contributed by atoms with van der Waals surface area (Å²) in [5, 5.41) is 35.8. The van der Waals surface area contributed by atoms with Crippen LogP contribution in [0.2, 0.25) is 0 Å². The zero-order valence-corrected chi connectivity index (χ0v) is 9.38. The Kier molecular flexibility index (Phi) is 5.97. The summed E-state index contributed by atoms with van der Waals surface area (Å²) >= 11 is 0. The van der Waals surface area contributed by atoms with Crippen LogP contribution in [0.5, 0.6) is 0 Å². The van der Waals surface area contributed by atoms with Crippen LogP contribution in [0.3, 0.4) is 0 Å². The van der Waals surface area contributed by atoms with Gasteiger partial charge in [-0.05, 0) is 13.3 Å². The number of piperidine rings is 1. The first-order valence-corrected chi connectivity index (χ1v) is 4.91. The number of aliphatic carboxylic acids is 1. The Morgan fingerprint density at radius 2 is 1.94 bits per heavy atom. The third kappa shape index (κ3) is 5.71. The third-order valence-corrected chi connectivity index (χ3v) is 2.24. The molecule has 1 fully saturated rings.